The first kappa shape index (κ1) is 12.2. The third-order valence-corrected chi connectivity index (χ3v) is 5.17. The minimum absolute atomic E-state index is 0.681. The van der Waals surface area contributed by atoms with Crippen molar-refractivity contribution in [3.63, 3.8) is 0 Å². The van der Waals surface area contributed by atoms with E-state index >= 15 is 0 Å². The Hall–Kier alpha value is -0.830. The predicted octanol–water partition coefficient (Wildman–Crippen LogP) is 2.38. The van der Waals surface area contributed by atoms with Crippen molar-refractivity contribution in [1.29, 1.82) is 0 Å². The number of rotatable bonds is 5. The van der Waals surface area contributed by atoms with E-state index in [1.165, 1.54) is 31.5 Å². The fraction of sp³-hybridized carbons (Fsp3) is 0.800. The van der Waals surface area contributed by atoms with E-state index in [2.05, 4.69) is 28.8 Å². The van der Waals surface area contributed by atoms with Crippen molar-refractivity contribution in [3.8, 4) is 0 Å². The molecular formula is C15H25N3. The van der Waals surface area contributed by atoms with Crippen LogP contribution in [0, 0.1) is 17.8 Å². The standard InChI is InChI=1S/C15H25N3/c1-11(14-10-12-3-4-13(14)9-12)16-6-5-15-17-7-8-18(15)2/h7-8,11-14,16H,3-6,9-10H2,1-2H3. The molecule has 100 valence electrons. The minimum Gasteiger partial charge on any atom is -0.338 e. The van der Waals surface area contributed by atoms with Crippen LogP contribution in [0.3, 0.4) is 0 Å². The van der Waals surface area contributed by atoms with E-state index in [1.54, 1.807) is 0 Å². The number of nitrogens with one attached hydrogen (secondary N) is 1. The lowest BCUT2D eigenvalue weighted by molar-refractivity contribution is 0.261. The van der Waals surface area contributed by atoms with Crippen molar-refractivity contribution in [2.45, 2.75) is 45.1 Å². The zero-order chi connectivity index (χ0) is 12.5. The normalized spacial score (nSPS) is 32.0. The van der Waals surface area contributed by atoms with Gasteiger partial charge in [-0.3, -0.25) is 0 Å². The largest absolute Gasteiger partial charge is 0.338 e. The third kappa shape index (κ3) is 2.33. The second-order valence-electron chi connectivity index (χ2n) is 6.29. The predicted molar refractivity (Wildman–Crippen MR) is 73.3 cm³/mol. The monoisotopic (exact) mass is 247 g/mol. The quantitative estimate of drug-likeness (QED) is 0.866. The van der Waals surface area contributed by atoms with E-state index in [9.17, 15) is 0 Å². The van der Waals surface area contributed by atoms with Crippen LogP contribution in [-0.2, 0) is 13.5 Å². The molecule has 4 unspecified atom stereocenters. The highest BCUT2D eigenvalue weighted by Gasteiger charge is 2.41. The summed E-state index contributed by atoms with van der Waals surface area (Å²) < 4.78 is 2.11. The summed E-state index contributed by atoms with van der Waals surface area (Å²) in [6.45, 7) is 3.43. The maximum Gasteiger partial charge on any atom is 0.109 e. The average molecular weight is 247 g/mol. The first-order chi connectivity index (χ1) is 8.74. The number of imidazole rings is 1. The van der Waals surface area contributed by atoms with Gasteiger partial charge in [0.2, 0.25) is 0 Å². The third-order valence-electron chi connectivity index (χ3n) is 5.17. The Kier molecular flexibility index (Phi) is 3.42. The zero-order valence-electron chi connectivity index (χ0n) is 11.6. The van der Waals surface area contributed by atoms with Crippen LogP contribution in [0.4, 0.5) is 0 Å². The van der Waals surface area contributed by atoms with Gasteiger partial charge in [0, 0.05) is 38.4 Å². The molecule has 2 fully saturated rings. The molecule has 0 amide bonds. The molecule has 1 heterocycles. The van der Waals surface area contributed by atoms with Crippen molar-refractivity contribution in [2.24, 2.45) is 24.8 Å². The van der Waals surface area contributed by atoms with Crippen LogP contribution in [0.2, 0.25) is 0 Å². The second kappa shape index (κ2) is 5.04. The lowest BCUT2D eigenvalue weighted by Crippen LogP contribution is -2.37. The highest BCUT2D eigenvalue weighted by Crippen LogP contribution is 2.49. The molecule has 1 aromatic heterocycles. The molecule has 2 aliphatic rings. The Morgan fingerprint density at radius 3 is 2.94 bits per heavy atom. The molecule has 3 nitrogen and oxygen atoms in total. The average Bonchev–Trinajstić information content (AvgIpc) is 3.06. The molecule has 1 N–H and O–H groups in total. The summed E-state index contributed by atoms with van der Waals surface area (Å²) in [6, 6.07) is 0.681. The van der Waals surface area contributed by atoms with Crippen LogP contribution in [0.1, 0.15) is 38.4 Å². The Morgan fingerprint density at radius 1 is 1.44 bits per heavy atom. The molecule has 1 aromatic rings. The highest BCUT2D eigenvalue weighted by atomic mass is 15.0. The number of fused-ring (bicyclic) bond motifs is 2. The first-order valence-electron chi connectivity index (χ1n) is 7.43. The van der Waals surface area contributed by atoms with Crippen molar-refractivity contribution in [1.82, 2.24) is 14.9 Å². The molecule has 2 saturated carbocycles. The molecule has 0 saturated heterocycles. The van der Waals surface area contributed by atoms with Gasteiger partial charge in [0.05, 0.1) is 0 Å². The van der Waals surface area contributed by atoms with Gasteiger partial charge in [-0.25, -0.2) is 4.98 Å². The Labute approximate surface area is 110 Å². The maximum atomic E-state index is 4.37. The molecule has 4 atom stereocenters. The molecule has 0 aromatic carbocycles. The Bertz CT molecular complexity index is 398. The van der Waals surface area contributed by atoms with Gasteiger partial charge in [-0.05, 0) is 43.9 Å². The summed E-state index contributed by atoms with van der Waals surface area (Å²) in [5.74, 6) is 4.19. The molecule has 0 aliphatic heterocycles. The topological polar surface area (TPSA) is 29.9 Å². The first-order valence-corrected chi connectivity index (χ1v) is 7.43. The number of nitrogens with zero attached hydrogens (tertiary/aromatic N) is 2. The van der Waals surface area contributed by atoms with E-state index in [0.29, 0.717) is 6.04 Å². The van der Waals surface area contributed by atoms with Gasteiger partial charge in [0.25, 0.3) is 0 Å². The van der Waals surface area contributed by atoms with Gasteiger partial charge in [0.15, 0.2) is 0 Å². The summed E-state index contributed by atoms with van der Waals surface area (Å²) in [6.07, 6.45) is 10.9. The molecule has 3 rings (SSSR count). The maximum absolute atomic E-state index is 4.37. The lowest BCUT2D eigenvalue weighted by Gasteiger charge is -2.28. The van der Waals surface area contributed by atoms with Crippen LogP contribution in [-0.4, -0.2) is 22.1 Å². The molecule has 0 radical (unpaired) electrons. The van der Waals surface area contributed by atoms with Gasteiger partial charge in [-0.1, -0.05) is 6.42 Å². The summed E-state index contributed by atoms with van der Waals surface area (Å²) in [7, 11) is 2.07. The molecule has 3 heteroatoms. The molecule has 2 aliphatic carbocycles. The van der Waals surface area contributed by atoms with E-state index in [0.717, 1.165) is 30.7 Å². The molecule has 0 spiro atoms. The summed E-state index contributed by atoms with van der Waals surface area (Å²) in [5, 5.41) is 3.72. The van der Waals surface area contributed by atoms with Crippen LogP contribution >= 0.6 is 0 Å². The van der Waals surface area contributed by atoms with Gasteiger partial charge in [-0.15, -0.1) is 0 Å². The minimum atomic E-state index is 0.681. The van der Waals surface area contributed by atoms with Crippen LogP contribution in [0.15, 0.2) is 12.4 Å². The second-order valence-corrected chi connectivity index (χ2v) is 6.29. The fourth-order valence-corrected chi connectivity index (χ4v) is 4.11. The smallest absolute Gasteiger partial charge is 0.109 e. The SMILES string of the molecule is CC(NCCc1nccn1C)C1CC2CCC1C2. The fourth-order valence-electron chi connectivity index (χ4n) is 4.11. The summed E-state index contributed by atoms with van der Waals surface area (Å²) in [5.41, 5.74) is 0. The van der Waals surface area contributed by atoms with E-state index in [-0.39, 0.29) is 0 Å². The van der Waals surface area contributed by atoms with E-state index in [1.807, 2.05) is 12.4 Å². The summed E-state index contributed by atoms with van der Waals surface area (Å²) >= 11 is 0. The van der Waals surface area contributed by atoms with Gasteiger partial charge < -0.3 is 9.88 Å². The van der Waals surface area contributed by atoms with E-state index in [4.69, 9.17) is 0 Å². The summed E-state index contributed by atoms with van der Waals surface area (Å²) in [4.78, 5) is 4.37. The van der Waals surface area contributed by atoms with Crippen molar-refractivity contribution < 1.29 is 0 Å². The number of aryl methyl sites for hydroxylation is 1. The molecule has 2 bridgehead atoms. The highest BCUT2D eigenvalue weighted by molar-refractivity contribution is 4.95. The Morgan fingerprint density at radius 2 is 2.33 bits per heavy atom. The van der Waals surface area contributed by atoms with Crippen LogP contribution in [0.5, 0.6) is 0 Å². The van der Waals surface area contributed by atoms with Crippen LogP contribution < -0.4 is 5.32 Å². The molecular weight excluding hydrogens is 222 g/mol. The number of hydrogen-bond acceptors (Lipinski definition) is 2. The van der Waals surface area contributed by atoms with Gasteiger partial charge in [0.1, 0.15) is 5.82 Å². The van der Waals surface area contributed by atoms with E-state index < -0.39 is 0 Å². The van der Waals surface area contributed by atoms with Crippen molar-refractivity contribution in [2.75, 3.05) is 6.54 Å². The van der Waals surface area contributed by atoms with Gasteiger partial charge in [-0.2, -0.15) is 0 Å². The van der Waals surface area contributed by atoms with Crippen molar-refractivity contribution in [3.05, 3.63) is 18.2 Å². The Balaban J connectivity index is 1.45. The molecule has 18 heavy (non-hydrogen) atoms. The lowest BCUT2D eigenvalue weighted by atomic mass is 9.84. The van der Waals surface area contributed by atoms with Crippen molar-refractivity contribution >= 4 is 0 Å². The number of aromatic nitrogens is 2. The number of hydrogen-bond donors (Lipinski definition) is 1. The van der Waals surface area contributed by atoms with Crippen LogP contribution in [0.25, 0.3) is 0 Å². The van der Waals surface area contributed by atoms with Gasteiger partial charge >= 0.3 is 0 Å². The zero-order valence-corrected chi connectivity index (χ0v) is 11.6.